The third kappa shape index (κ3) is 6.09. The van der Waals surface area contributed by atoms with Crippen LogP contribution in [0.25, 0.3) is 0 Å². The van der Waals surface area contributed by atoms with E-state index in [1.165, 1.54) is 17.3 Å². The first-order valence-electron chi connectivity index (χ1n) is 9.66. The zero-order valence-corrected chi connectivity index (χ0v) is 19.7. The molecule has 0 saturated carbocycles. The molecular weight excluding hydrogens is 464 g/mol. The molecule has 3 rings (SSSR count). The van der Waals surface area contributed by atoms with Crippen molar-refractivity contribution >= 4 is 39.3 Å². The average molecular weight is 489 g/mol. The number of aromatic nitrogens is 3. The summed E-state index contributed by atoms with van der Waals surface area (Å²) in [6.07, 6.45) is 2.78. The Kier molecular flexibility index (Phi) is 7.93. The molecule has 6 nitrogen and oxygen atoms in total. The summed E-state index contributed by atoms with van der Waals surface area (Å²) in [6.45, 7) is 2.06. The third-order valence-corrected chi connectivity index (χ3v) is 6.26. The fourth-order valence-electron chi connectivity index (χ4n) is 3.10. The summed E-state index contributed by atoms with van der Waals surface area (Å²) in [5, 5.41) is 12.2. The van der Waals surface area contributed by atoms with Crippen molar-refractivity contribution in [1.82, 2.24) is 14.8 Å². The Morgan fingerprint density at radius 1 is 1.17 bits per heavy atom. The van der Waals surface area contributed by atoms with Crippen molar-refractivity contribution < 1.29 is 9.53 Å². The van der Waals surface area contributed by atoms with Crippen LogP contribution >= 0.6 is 27.7 Å². The number of methoxy groups -OCH3 is 1. The van der Waals surface area contributed by atoms with Crippen LogP contribution in [0.4, 0.5) is 5.69 Å². The Balaban J connectivity index is 1.47. The highest BCUT2D eigenvalue weighted by atomic mass is 79.9. The normalized spacial score (nSPS) is 10.8. The molecule has 30 heavy (non-hydrogen) atoms. The van der Waals surface area contributed by atoms with Crippen molar-refractivity contribution in [2.24, 2.45) is 7.05 Å². The van der Waals surface area contributed by atoms with Crippen LogP contribution in [0.2, 0.25) is 0 Å². The van der Waals surface area contributed by atoms with E-state index in [0.717, 1.165) is 51.7 Å². The van der Waals surface area contributed by atoms with Gasteiger partial charge in [0, 0.05) is 23.6 Å². The van der Waals surface area contributed by atoms with E-state index in [1.807, 2.05) is 41.9 Å². The van der Waals surface area contributed by atoms with E-state index in [9.17, 15) is 4.79 Å². The first kappa shape index (κ1) is 22.4. The molecule has 1 amide bonds. The summed E-state index contributed by atoms with van der Waals surface area (Å²) < 4.78 is 8.26. The van der Waals surface area contributed by atoms with Crippen molar-refractivity contribution in [2.75, 3.05) is 18.2 Å². The lowest BCUT2D eigenvalue weighted by atomic mass is 10.0. The highest BCUT2D eigenvalue weighted by Gasteiger charge is 2.12. The maximum atomic E-state index is 12.2. The number of carbonyl (C=O) groups is 1. The van der Waals surface area contributed by atoms with Gasteiger partial charge in [0.25, 0.3) is 0 Å². The second-order valence-electron chi connectivity index (χ2n) is 6.96. The van der Waals surface area contributed by atoms with Gasteiger partial charge in [0.2, 0.25) is 5.91 Å². The minimum Gasteiger partial charge on any atom is -0.496 e. The van der Waals surface area contributed by atoms with Crippen LogP contribution in [0.15, 0.2) is 52.1 Å². The van der Waals surface area contributed by atoms with E-state index in [2.05, 4.69) is 50.5 Å². The van der Waals surface area contributed by atoms with Crippen LogP contribution in [0.5, 0.6) is 5.75 Å². The highest BCUT2D eigenvalue weighted by Crippen LogP contribution is 2.21. The zero-order chi connectivity index (χ0) is 21.5. The van der Waals surface area contributed by atoms with E-state index in [4.69, 9.17) is 4.74 Å². The molecule has 0 fully saturated rings. The number of hydrogen-bond acceptors (Lipinski definition) is 5. The van der Waals surface area contributed by atoms with Crippen LogP contribution < -0.4 is 10.1 Å². The van der Waals surface area contributed by atoms with Crippen molar-refractivity contribution in [3.8, 4) is 5.75 Å². The lowest BCUT2D eigenvalue weighted by Gasteiger charge is -2.08. The smallest absolute Gasteiger partial charge is 0.234 e. The number of hydrogen-bond donors (Lipinski definition) is 1. The standard InChI is InChI=1S/C22H25BrN4O2S/c1-15-13-16(7-12-19(15)29-3)5-4-6-20-25-26-22(27(20)2)30-14-21(28)24-18-10-8-17(23)9-11-18/h7-13H,4-6,14H2,1-3H3,(H,24,28). The Morgan fingerprint density at radius 3 is 2.63 bits per heavy atom. The molecule has 0 aliphatic rings. The van der Waals surface area contributed by atoms with Gasteiger partial charge in [0.1, 0.15) is 11.6 Å². The molecule has 1 heterocycles. The number of thioether (sulfide) groups is 1. The van der Waals surface area contributed by atoms with Gasteiger partial charge in [-0.2, -0.15) is 0 Å². The molecule has 0 aliphatic carbocycles. The van der Waals surface area contributed by atoms with E-state index in [-0.39, 0.29) is 11.7 Å². The average Bonchev–Trinajstić information content (AvgIpc) is 3.08. The largest absolute Gasteiger partial charge is 0.496 e. The number of nitrogens with one attached hydrogen (secondary N) is 1. The number of carbonyl (C=O) groups excluding carboxylic acids is 1. The molecule has 3 aromatic rings. The molecule has 0 unspecified atom stereocenters. The van der Waals surface area contributed by atoms with Crippen LogP contribution in [0, 0.1) is 6.92 Å². The van der Waals surface area contributed by atoms with Gasteiger partial charge in [0.05, 0.1) is 12.9 Å². The van der Waals surface area contributed by atoms with Crippen molar-refractivity contribution in [1.29, 1.82) is 0 Å². The molecule has 0 spiro atoms. The molecule has 0 saturated heterocycles. The molecule has 0 aliphatic heterocycles. The molecule has 0 radical (unpaired) electrons. The van der Waals surface area contributed by atoms with Gasteiger partial charge in [-0.3, -0.25) is 4.79 Å². The van der Waals surface area contributed by atoms with Crippen LogP contribution in [-0.4, -0.2) is 33.5 Å². The summed E-state index contributed by atoms with van der Waals surface area (Å²) in [5.41, 5.74) is 3.21. The van der Waals surface area contributed by atoms with E-state index < -0.39 is 0 Å². The Bertz CT molecular complexity index is 1000. The molecule has 8 heteroatoms. The van der Waals surface area contributed by atoms with Gasteiger partial charge >= 0.3 is 0 Å². The van der Waals surface area contributed by atoms with E-state index >= 15 is 0 Å². The maximum absolute atomic E-state index is 12.2. The monoisotopic (exact) mass is 488 g/mol. The lowest BCUT2D eigenvalue weighted by Crippen LogP contribution is -2.14. The summed E-state index contributed by atoms with van der Waals surface area (Å²) >= 11 is 4.77. The van der Waals surface area contributed by atoms with Crippen LogP contribution in [0.3, 0.4) is 0 Å². The molecule has 1 N–H and O–H groups in total. The summed E-state index contributed by atoms with van der Waals surface area (Å²) in [7, 11) is 3.64. The zero-order valence-electron chi connectivity index (χ0n) is 17.3. The lowest BCUT2D eigenvalue weighted by molar-refractivity contribution is -0.113. The van der Waals surface area contributed by atoms with Gasteiger partial charge in [-0.15, -0.1) is 10.2 Å². The fourth-order valence-corrected chi connectivity index (χ4v) is 4.09. The third-order valence-electron chi connectivity index (χ3n) is 4.71. The Labute approximate surface area is 189 Å². The number of halogens is 1. The summed E-state index contributed by atoms with van der Waals surface area (Å²) in [6, 6.07) is 13.8. The second-order valence-corrected chi connectivity index (χ2v) is 8.82. The topological polar surface area (TPSA) is 69.0 Å². The van der Waals surface area contributed by atoms with Crippen LogP contribution in [-0.2, 0) is 24.7 Å². The molecular formula is C22H25BrN4O2S. The van der Waals surface area contributed by atoms with Gasteiger partial charge in [-0.25, -0.2) is 0 Å². The minimum absolute atomic E-state index is 0.0678. The minimum atomic E-state index is -0.0678. The highest BCUT2D eigenvalue weighted by molar-refractivity contribution is 9.10. The maximum Gasteiger partial charge on any atom is 0.234 e. The Morgan fingerprint density at radius 2 is 1.93 bits per heavy atom. The van der Waals surface area contributed by atoms with Crippen LogP contribution in [0.1, 0.15) is 23.4 Å². The van der Waals surface area contributed by atoms with Crippen molar-refractivity contribution in [3.05, 3.63) is 63.9 Å². The number of ether oxygens (including phenoxy) is 1. The van der Waals surface area contributed by atoms with E-state index in [1.54, 1.807) is 7.11 Å². The predicted octanol–water partition coefficient (Wildman–Crippen LogP) is 4.80. The predicted molar refractivity (Wildman–Crippen MR) is 124 cm³/mol. The number of nitrogens with zero attached hydrogens (tertiary/aromatic N) is 3. The Hall–Kier alpha value is -2.32. The number of amides is 1. The summed E-state index contributed by atoms with van der Waals surface area (Å²) in [4.78, 5) is 12.2. The van der Waals surface area contributed by atoms with Gasteiger partial charge in [-0.05, 0) is 61.2 Å². The van der Waals surface area contributed by atoms with Gasteiger partial charge in [-0.1, -0.05) is 39.8 Å². The molecule has 0 atom stereocenters. The quantitative estimate of drug-likeness (QED) is 0.438. The number of aryl methyl sites for hydroxylation is 3. The number of anilines is 1. The second kappa shape index (κ2) is 10.6. The summed E-state index contributed by atoms with van der Waals surface area (Å²) in [5.74, 6) is 2.06. The van der Waals surface area contributed by atoms with Crippen molar-refractivity contribution in [2.45, 2.75) is 31.3 Å². The van der Waals surface area contributed by atoms with Crippen molar-refractivity contribution in [3.63, 3.8) is 0 Å². The molecule has 2 aromatic carbocycles. The van der Waals surface area contributed by atoms with Gasteiger partial charge < -0.3 is 14.6 Å². The first-order valence-corrected chi connectivity index (χ1v) is 11.4. The number of rotatable bonds is 9. The SMILES string of the molecule is COc1ccc(CCCc2nnc(SCC(=O)Nc3ccc(Br)cc3)n2C)cc1C. The number of benzene rings is 2. The van der Waals surface area contributed by atoms with Gasteiger partial charge in [0.15, 0.2) is 5.16 Å². The molecule has 1 aromatic heterocycles. The van der Waals surface area contributed by atoms with E-state index in [0.29, 0.717) is 0 Å². The first-order chi connectivity index (χ1) is 14.5. The fraction of sp³-hybridized carbons (Fsp3) is 0.318. The molecule has 0 bridgehead atoms. The molecule has 158 valence electrons.